The van der Waals surface area contributed by atoms with E-state index < -0.39 is 27.6 Å². The van der Waals surface area contributed by atoms with Gasteiger partial charge in [0, 0.05) is 25.2 Å². The van der Waals surface area contributed by atoms with Crippen LogP contribution >= 0.6 is 0 Å². The third-order valence-electron chi connectivity index (χ3n) is 5.09. The summed E-state index contributed by atoms with van der Waals surface area (Å²) in [7, 11) is -3.84. The molecule has 7 nitrogen and oxygen atoms in total. The summed E-state index contributed by atoms with van der Waals surface area (Å²) in [4.78, 5) is 26.3. The molecule has 0 radical (unpaired) electrons. The highest BCUT2D eigenvalue weighted by Gasteiger charge is 2.42. The second-order valence-corrected chi connectivity index (χ2v) is 10.4. The van der Waals surface area contributed by atoms with Crippen molar-refractivity contribution in [3.63, 3.8) is 0 Å². The Labute approximate surface area is 166 Å². The van der Waals surface area contributed by atoms with E-state index in [0.29, 0.717) is 25.8 Å². The van der Waals surface area contributed by atoms with E-state index in [9.17, 15) is 18.0 Å². The molecule has 154 valence electrons. The lowest BCUT2D eigenvalue weighted by atomic mass is 10.1. The van der Waals surface area contributed by atoms with Gasteiger partial charge in [0.2, 0.25) is 15.9 Å². The SMILES string of the molecule is CC(=O)N1c2ccc(S(=O)(=O)N3CCC[C@H]3C(=O)OC(C)(C)C)cc2C[C@H]1C. The minimum Gasteiger partial charge on any atom is -0.459 e. The third kappa shape index (κ3) is 3.80. The molecular weight excluding hydrogens is 380 g/mol. The summed E-state index contributed by atoms with van der Waals surface area (Å²) in [6, 6.07) is 4.03. The van der Waals surface area contributed by atoms with Crippen LogP contribution in [0.15, 0.2) is 23.1 Å². The Bertz CT molecular complexity index is 904. The van der Waals surface area contributed by atoms with Crippen LogP contribution in [0, 0.1) is 0 Å². The molecule has 0 bridgehead atoms. The fourth-order valence-electron chi connectivity index (χ4n) is 4.02. The molecular formula is C20H28N2O5S. The lowest BCUT2D eigenvalue weighted by molar-refractivity contribution is -0.158. The van der Waals surface area contributed by atoms with Crippen LogP contribution in [-0.2, 0) is 30.8 Å². The molecule has 2 heterocycles. The van der Waals surface area contributed by atoms with Crippen LogP contribution < -0.4 is 4.90 Å². The zero-order valence-electron chi connectivity index (χ0n) is 17.1. The molecule has 1 fully saturated rings. The predicted octanol–water partition coefficient (Wildman–Crippen LogP) is 2.48. The molecule has 3 rings (SSSR count). The van der Waals surface area contributed by atoms with Crippen molar-refractivity contribution in [2.24, 2.45) is 0 Å². The van der Waals surface area contributed by atoms with Gasteiger partial charge in [-0.2, -0.15) is 4.31 Å². The van der Waals surface area contributed by atoms with Gasteiger partial charge < -0.3 is 9.64 Å². The number of carbonyl (C=O) groups is 2. The average Bonchev–Trinajstić information content (AvgIpc) is 3.16. The summed E-state index contributed by atoms with van der Waals surface area (Å²) in [5, 5.41) is 0. The Balaban J connectivity index is 1.90. The molecule has 0 aliphatic carbocycles. The van der Waals surface area contributed by atoms with Crippen molar-refractivity contribution in [1.29, 1.82) is 0 Å². The molecule has 1 aromatic carbocycles. The predicted molar refractivity (Wildman–Crippen MR) is 106 cm³/mol. The van der Waals surface area contributed by atoms with Crippen molar-refractivity contribution in [3.8, 4) is 0 Å². The maximum Gasteiger partial charge on any atom is 0.324 e. The van der Waals surface area contributed by atoms with Crippen LogP contribution in [0.25, 0.3) is 0 Å². The van der Waals surface area contributed by atoms with Gasteiger partial charge in [-0.3, -0.25) is 9.59 Å². The monoisotopic (exact) mass is 408 g/mol. The fraction of sp³-hybridized carbons (Fsp3) is 0.600. The van der Waals surface area contributed by atoms with Crippen LogP contribution in [0.2, 0.25) is 0 Å². The summed E-state index contributed by atoms with van der Waals surface area (Å²) in [6.07, 6.45) is 1.67. The Morgan fingerprint density at radius 2 is 1.89 bits per heavy atom. The zero-order valence-corrected chi connectivity index (χ0v) is 17.9. The second kappa shape index (κ2) is 7.15. The lowest BCUT2D eigenvalue weighted by Crippen LogP contribution is -2.43. The summed E-state index contributed by atoms with van der Waals surface area (Å²) in [6.45, 7) is 9.03. The van der Waals surface area contributed by atoms with Crippen molar-refractivity contribution >= 4 is 27.6 Å². The number of hydrogen-bond donors (Lipinski definition) is 0. The number of amides is 1. The normalized spacial score (nSPS) is 23.0. The van der Waals surface area contributed by atoms with Crippen molar-refractivity contribution < 1.29 is 22.7 Å². The van der Waals surface area contributed by atoms with E-state index in [1.54, 1.807) is 37.8 Å². The van der Waals surface area contributed by atoms with Gasteiger partial charge in [0.1, 0.15) is 11.6 Å². The van der Waals surface area contributed by atoms with E-state index in [-0.39, 0.29) is 16.8 Å². The molecule has 0 saturated carbocycles. The summed E-state index contributed by atoms with van der Waals surface area (Å²) >= 11 is 0. The molecule has 0 aromatic heterocycles. The number of hydrogen-bond acceptors (Lipinski definition) is 5. The maximum absolute atomic E-state index is 13.2. The Kier molecular flexibility index (Phi) is 5.31. The quantitative estimate of drug-likeness (QED) is 0.718. The number of esters is 1. The largest absolute Gasteiger partial charge is 0.459 e. The maximum atomic E-state index is 13.2. The first-order chi connectivity index (χ1) is 12.9. The number of benzene rings is 1. The van der Waals surface area contributed by atoms with Crippen LogP contribution in [0.5, 0.6) is 0 Å². The highest BCUT2D eigenvalue weighted by molar-refractivity contribution is 7.89. The van der Waals surface area contributed by atoms with E-state index in [1.165, 1.54) is 17.3 Å². The molecule has 1 saturated heterocycles. The van der Waals surface area contributed by atoms with Gasteiger partial charge in [0.15, 0.2) is 0 Å². The first-order valence-electron chi connectivity index (χ1n) is 9.59. The second-order valence-electron chi connectivity index (χ2n) is 8.54. The molecule has 1 amide bonds. The van der Waals surface area contributed by atoms with Crippen molar-refractivity contribution in [1.82, 2.24) is 4.31 Å². The Morgan fingerprint density at radius 3 is 2.50 bits per heavy atom. The summed E-state index contributed by atoms with van der Waals surface area (Å²) in [5.74, 6) is -0.572. The molecule has 28 heavy (non-hydrogen) atoms. The molecule has 2 aliphatic heterocycles. The number of fused-ring (bicyclic) bond motifs is 1. The Morgan fingerprint density at radius 1 is 1.21 bits per heavy atom. The van der Waals surface area contributed by atoms with Gasteiger partial charge in [-0.15, -0.1) is 0 Å². The molecule has 2 atom stereocenters. The average molecular weight is 409 g/mol. The standard InChI is InChI=1S/C20H28N2O5S/c1-13-11-15-12-16(8-9-17(15)22(13)14(2)23)28(25,26)21-10-6-7-18(21)19(24)27-20(3,4)5/h8-9,12-13,18H,6-7,10-11H2,1-5H3/t13-,18+/m1/s1. The number of ether oxygens (including phenoxy) is 1. The van der Waals surface area contributed by atoms with Gasteiger partial charge in [-0.05, 0) is 70.7 Å². The molecule has 8 heteroatoms. The molecule has 0 spiro atoms. The third-order valence-corrected chi connectivity index (χ3v) is 7.00. The van der Waals surface area contributed by atoms with Crippen molar-refractivity contribution in [2.45, 2.75) is 76.5 Å². The number of carbonyl (C=O) groups excluding carboxylic acids is 2. The smallest absolute Gasteiger partial charge is 0.324 e. The first-order valence-corrected chi connectivity index (χ1v) is 11.0. The first kappa shape index (κ1) is 20.8. The van der Waals surface area contributed by atoms with Gasteiger partial charge >= 0.3 is 5.97 Å². The lowest BCUT2D eigenvalue weighted by Gasteiger charge is -2.27. The summed E-state index contributed by atoms with van der Waals surface area (Å²) in [5.41, 5.74) is 0.912. The minimum absolute atomic E-state index is 0.00764. The van der Waals surface area contributed by atoms with E-state index in [1.807, 2.05) is 6.92 Å². The highest BCUT2D eigenvalue weighted by atomic mass is 32.2. The van der Waals surface area contributed by atoms with Crippen LogP contribution in [0.3, 0.4) is 0 Å². The van der Waals surface area contributed by atoms with Gasteiger partial charge in [-0.1, -0.05) is 0 Å². The van der Waals surface area contributed by atoms with Gasteiger partial charge in [-0.25, -0.2) is 8.42 Å². The van der Waals surface area contributed by atoms with Crippen molar-refractivity contribution in [3.05, 3.63) is 23.8 Å². The highest BCUT2D eigenvalue weighted by Crippen LogP contribution is 2.36. The van der Waals surface area contributed by atoms with Crippen LogP contribution in [-0.4, -0.2) is 48.8 Å². The minimum atomic E-state index is -3.84. The van der Waals surface area contributed by atoms with Gasteiger partial charge in [0.25, 0.3) is 0 Å². The van der Waals surface area contributed by atoms with E-state index in [0.717, 1.165) is 11.3 Å². The van der Waals surface area contributed by atoms with Gasteiger partial charge in [0.05, 0.1) is 4.90 Å². The van der Waals surface area contributed by atoms with E-state index >= 15 is 0 Å². The number of rotatable bonds is 3. The number of anilines is 1. The topological polar surface area (TPSA) is 84.0 Å². The molecule has 0 unspecified atom stereocenters. The molecule has 2 aliphatic rings. The number of sulfonamides is 1. The number of nitrogens with zero attached hydrogens (tertiary/aromatic N) is 2. The summed E-state index contributed by atoms with van der Waals surface area (Å²) < 4.78 is 33.2. The fourth-order valence-corrected chi connectivity index (χ4v) is 5.71. The van der Waals surface area contributed by atoms with Crippen LogP contribution in [0.1, 0.15) is 53.0 Å². The van der Waals surface area contributed by atoms with Crippen LogP contribution in [0.4, 0.5) is 5.69 Å². The Hall–Kier alpha value is -1.93. The molecule has 0 N–H and O–H groups in total. The van der Waals surface area contributed by atoms with Crippen molar-refractivity contribution in [2.75, 3.05) is 11.4 Å². The molecule has 1 aromatic rings. The van der Waals surface area contributed by atoms with E-state index in [2.05, 4.69) is 0 Å². The van der Waals surface area contributed by atoms with E-state index in [4.69, 9.17) is 4.74 Å². The zero-order chi connectivity index (χ0) is 20.9.